The van der Waals surface area contributed by atoms with E-state index in [1.807, 2.05) is 23.1 Å². The van der Waals surface area contributed by atoms with Crippen molar-refractivity contribution in [1.29, 1.82) is 0 Å². The molecule has 0 aromatic heterocycles. The molecule has 6 heteroatoms. The number of carbonyl (C=O) groups excluding carboxylic acids is 2. The van der Waals surface area contributed by atoms with Gasteiger partial charge in [-0.2, -0.15) is 0 Å². The molecule has 1 unspecified atom stereocenters. The van der Waals surface area contributed by atoms with Gasteiger partial charge in [0.05, 0.1) is 12.7 Å². The minimum Gasteiger partial charge on any atom is -0.492 e. The SMILES string of the molecule is C=CC(=O)NCC1CN(C(=O)c2ccc3c(c2)C(C)(C)CO3)CCCO1. The molecular formula is C20H26N2O4. The van der Waals surface area contributed by atoms with Gasteiger partial charge in [-0.25, -0.2) is 0 Å². The summed E-state index contributed by atoms with van der Waals surface area (Å²) in [5.41, 5.74) is 1.65. The van der Waals surface area contributed by atoms with Gasteiger partial charge in [-0.1, -0.05) is 20.4 Å². The number of hydrogen-bond donors (Lipinski definition) is 1. The van der Waals surface area contributed by atoms with Gasteiger partial charge in [0.25, 0.3) is 5.91 Å². The highest BCUT2D eigenvalue weighted by Gasteiger charge is 2.33. The zero-order chi connectivity index (χ0) is 18.7. The molecule has 1 fully saturated rings. The molecule has 0 aliphatic carbocycles. The van der Waals surface area contributed by atoms with Gasteiger partial charge in [0, 0.05) is 42.8 Å². The Balaban J connectivity index is 1.72. The number of nitrogens with zero attached hydrogens (tertiary/aromatic N) is 1. The Labute approximate surface area is 154 Å². The molecule has 140 valence electrons. The molecule has 0 spiro atoms. The summed E-state index contributed by atoms with van der Waals surface area (Å²) < 4.78 is 11.5. The van der Waals surface area contributed by atoms with E-state index in [0.29, 0.717) is 38.4 Å². The van der Waals surface area contributed by atoms with Crippen molar-refractivity contribution in [2.45, 2.75) is 31.8 Å². The number of ether oxygens (including phenoxy) is 2. The van der Waals surface area contributed by atoms with Crippen molar-refractivity contribution in [2.75, 3.05) is 32.8 Å². The monoisotopic (exact) mass is 358 g/mol. The third-order valence-electron chi connectivity index (χ3n) is 4.87. The Morgan fingerprint density at radius 2 is 2.23 bits per heavy atom. The summed E-state index contributed by atoms with van der Waals surface area (Å²) in [5.74, 6) is 0.605. The molecule has 0 radical (unpaired) electrons. The van der Waals surface area contributed by atoms with E-state index < -0.39 is 0 Å². The topological polar surface area (TPSA) is 67.9 Å². The molecule has 0 bridgehead atoms. The first-order valence-electron chi connectivity index (χ1n) is 8.99. The third kappa shape index (κ3) is 3.90. The minimum absolute atomic E-state index is 0.0129. The first-order valence-corrected chi connectivity index (χ1v) is 8.99. The largest absolute Gasteiger partial charge is 0.492 e. The van der Waals surface area contributed by atoms with Crippen LogP contribution in [-0.4, -0.2) is 55.7 Å². The van der Waals surface area contributed by atoms with Crippen molar-refractivity contribution in [2.24, 2.45) is 0 Å². The van der Waals surface area contributed by atoms with Crippen LogP contribution in [0.1, 0.15) is 36.2 Å². The molecule has 3 rings (SSSR count). The standard InChI is InChI=1S/C20H26N2O4/c1-4-18(23)21-11-15-12-22(8-5-9-25-15)19(24)14-6-7-17-16(10-14)20(2,3)13-26-17/h4,6-7,10,15H,1,5,8-9,11-13H2,2-3H3,(H,21,23). The van der Waals surface area contributed by atoms with Crippen LogP contribution >= 0.6 is 0 Å². The number of nitrogens with one attached hydrogen (secondary N) is 1. The number of benzene rings is 1. The molecule has 6 nitrogen and oxygen atoms in total. The van der Waals surface area contributed by atoms with E-state index in [1.54, 1.807) is 0 Å². The molecule has 0 saturated carbocycles. The van der Waals surface area contributed by atoms with Gasteiger partial charge in [0.15, 0.2) is 0 Å². The predicted octanol–water partition coefficient (Wildman–Crippen LogP) is 1.89. The van der Waals surface area contributed by atoms with Gasteiger partial charge in [0.2, 0.25) is 5.91 Å². The lowest BCUT2D eigenvalue weighted by Gasteiger charge is -2.25. The van der Waals surface area contributed by atoms with Crippen molar-refractivity contribution < 1.29 is 19.1 Å². The van der Waals surface area contributed by atoms with Crippen molar-refractivity contribution in [1.82, 2.24) is 10.2 Å². The summed E-state index contributed by atoms with van der Waals surface area (Å²) in [6.07, 6.45) is 1.78. The van der Waals surface area contributed by atoms with E-state index in [-0.39, 0.29) is 23.3 Å². The van der Waals surface area contributed by atoms with Crippen molar-refractivity contribution in [3.8, 4) is 5.75 Å². The zero-order valence-corrected chi connectivity index (χ0v) is 15.4. The van der Waals surface area contributed by atoms with Crippen LogP contribution in [-0.2, 0) is 14.9 Å². The lowest BCUT2D eigenvalue weighted by molar-refractivity contribution is -0.117. The molecule has 2 aliphatic rings. The highest BCUT2D eigenvalue weighted by atomic mass is 16.5. The average Bonchev–Trinajstić information content (AvgIpc) is 2.81. The van der Waals surface area contributed by atoms with Gasteiger partial charge in [-0.05, 0) is 30.7 Å². The van der Waals surface area contributed by atoms with Crippen molar-refractivity contribution in [3.05, 3.63) is 42.0 Å². The fourth-order valence-electron chi connectivity index (χ4n) is 3.33. The molecule has 2 aliphatic heterocycles. The maximum Gasteiger partial charge on any atom is 0.253 e. The second-order valence-electron chi connectivity index (χ2n) is 7.43. The highest BCUT2D eigenvalue weighted by Crippen LogP contribution is 2.38. The van der Waals surface area contributed by atoms with E-state index in [2.05, 4.69) is 25.7 Å². The van der Waals surface area contributed by atoms with Crippen LogP contribution in [0.5, 0.6) is 5.75 Å². The zero-order valence-electron chi connectivity index (χ0n) is 15.4. The summed E-state index contributed by atoms with van der Waals surface area (Å²) in [5, 5.41) is 2.74. The molecule has 1 saturated heterocycles. The Morgan fingerprint density at radius 3 is 3.00 bits per heavy atom. The molecule has 1 aromatic carbocycles. The van der Waals surface area contributed by atoms with E-state index >= 15 is 0 Å². The van der Waals surface area contributed by atoms with Gasteiger partial charge in [-0.15, -0.1) is 0 Å². The molecule has 2 amide bonds. The molecular weight excluding hydrogens is 332 g/mol. The van der Waals surface area contributed by atoms with E-state index in [4.69, 9.17) is 9.47 Å². The normalized spacial score (nSPS) is 21.3. The maximum absolute atomic E-state index is 13.0. The summed E-state index contributed by atoms with van der Waals surface area (Å²) in [6.45, 7) is 10.3. The highest BCUT2D eigenvalue weighted by molar-refractivity contribution is 5.95. The van der Waals surface area contributed by atoms with Crippen molar-refractivity contribution >= 4 is 11.8 Å². The summed E-state index contributed by atoms with van der Waals surface area (Å²) in [6, 6.07) is 5.65. The van der Waals surface area contributed by atoms with Crippen LogP contribution < -0.4 is 10.1 Å². The summed E-state index contributed by atoms with van der Waals surface area (Å²) in [4.78, 5) is 26.2. The molecule has 1 N–H and O–H groups in total. The Morgan fingerprint density at radius 1 is 1.42 bits per heavy atom. The van der Waals surface area contributed by atoms with Crippen LogP contribution in [0.15, 0.2) is 30.9 Å². The lowest BCUT2D eigenvalue weighted by Crippen LogP contribution is -2.42. The summed E-state index contributed by atoms with van der Waals surface area (Å²) in [7, 11) is 0. The van der Waals surface area contributed by atoms with Crippen molar-refractivity contribution in [3.63, 3.8) is 0 Å². The Kier molecular flexibility index (Phi) is 5.32. The van der Waals surface area contributed by atoms with Gasteiger partial charge >= 0.3 is 0 Å². The second-order valence-corrected chi connectivity index (χ2v) is 7.43. The number of fused-ring (bicyclic) bond motifs is 1. The second kappa shape index (κ2) is 7.50. The average molecular weight is 358 g/mol. The number of carbonyl (C=O) groups is 2. The lowest BCUT2D eigenvalue weighted by atomic mass is 9.86. The van der Waals surface area contributed by atoms with Gasteiger partial charge in [0.1, 0.15) is 5.75 Å². The van der Waals surface area contributed by atoms with Gasteiger partial charge < -0.3 is 19.7 Å². The van der Waals surface area contributed by atoms with E-state index in [1.165, 1.54) is 6.08 Å². The third-order valence-corrected chi connectivity index (χ3v) is 4.87. The first-order chi connectivity index (χ1) is 12.4. The van der Waals surface area contributed by atoms with Crippen LogP contribution in [0.25, 0.3) is 0 Å². The van der Waals surface area contributed by atoms with Crippen LogP contribution in [0.2, 0.25) is 0 Å². The summed E-state index contributed by atoms with van der Waals surface area (Å²) >= 11 is 0. The fourth-order valence-corrected chi connectivity index (χ4v) is 3.33. The molecule has 26 heavy (non-hydrogen) atoms. The van der Waals surface area contributed by atoms with Crippen LogP contribution in [0.4, 0.5) is 0 Å². The molecule has 1 atom stereocenters. The Bertz CT molecular complexity index is 714. The number of hydrogen-bond acceptors (Lipinski definition) is 4. The fraction of sp³-hybridized carbons (Fsp3) is 0.500. The quantitative estimate of drug-likeness (QED) is 0.835. The van der Waals surface area contributed by atoms with Crippen LogP contribution in [0.3, 0.4) is 0 Å². The Hall–Kier alpha value is -2.34. The number of amides is 2. The maximum atomic E-state index is 13.0. The van der Waals surface area contributed by atoms with Gasteiger partial charge in [-0.3, -0.25) is 9.59 Å². The molecule has 2 heterocycles. The minimum atomic E-state index is -0.239. The molecule has 1 aromatic rings. The smallest absolute Gasteiger partial charge is 0.253 e. The first kappa shape index (κ1) is 18.5. The predicted molar refractivity (Wildman–Crippen MR) is 98.4 cm³/mol. The van der Waals surface area contributed by atoms with E-state index in [0.717, 1.165) is 17.7 Å². The van der Waals surface area contributed by atoms with Crippen LogP contribution in [0, 0.1) is 0 Å². The van der Waals surface area contributed by atoms with E-state index in [9.17, 15) is 9.59 Å². The number of rotatable bonds is 4.